The molecule has 1 rings (SSSR count). The summed E-state index contributed by atoms with van der Waals surface area (Å²) in [6.45, 7) is 12.3. The molecular weight excluding hydrogens is 350 g/mol. The Morgan fingerprint density at radius 3 is 2.15 bits per heavy atom. The molecule has 160 valence electrons. The van der Waals surface area contributed by atoms with Crippen LogP contribution in [0.15, 0.2) is 0 Å². The minimum atomic E-state index is 0.157. The standard InChI is InChI=1S/C19H39N3O5/c1-3-20-19(23)6-4-7-21-8-10-22(11-9-21)18-27-17-16-26-15-14-25-13-5-12-24-2/h3-18H2,1-2H3,(H,20,23). The van der Waals surface area contributed by atoms with Crippen LogP contribution in [0.1, 0.15) is 26.2 Å². The zero-order valence-electron chi connectivity index (χ0n) is 17.2. The average molecular weight is 390 g/mol. The van der Waals surface area contributed by atoms with Crippen LogP contribution in [0.4, 0.5) is 0 Å². The Morgan fingerprint density at radius 1 is 0.852 bits per heavy atom. The molecule has 1 fully saturated rings. The molecule has 8 nitrogen and oxygen atoms in total. The summed E-state index contributed by atoms with van der Waals surface area (Å²) in [4.78, 5) is 16.2. The van der Waals surface area contributed by atoms with Crippen LogP contribution in [-0.2, 0) is 23.7 Å². The van der Waals surface area contributed by atoms with Crippen molar-refractivity contribution in [3.8, 4) is 0 Å². The molecule has 8 heteroatoms. The monoisotopic (exact) mass is 389 g/mol. The predicted octanol–water partition coefficient (Wildman–Crippen LogP) is 0.564. The van der Waals surface area contributed by atoms with E-state index in [0.29, 0.717) is 52.7 Å². The first-order chi connectivity index (χ1) is 13.3. The summed E-state index contributed by atoms with van der Waals surface area (Å²) in [6.07, 6.45) is 2.46. The van der Waals surface area contributed by atoms with E-state index >= 15 is 0 Å². The van der Waals surface area contributed by atoms with E-state index in [1.807, 2.05) is 6.92 Å². The summed E-state index contributed by atoms with van der Waals surface area (Å²) in [5.41, 5.74) is 0. The summed E-state index contributed by atoms with van der Waals surface area (Å²) in [7, 11) is 1.69. The van der Waals surface area contributed by atoms with E-state index in [1.54, 1.807) is 7.11 Å². The highest BCUT2D eigenvalue weighted by Gasteiger charge is 2.16. The summed E-state index contributed by atoms with van der Waals surface area (Å²) in [6, 6.07) is 0. The molecule has 1 N–H and O–H groups in total. The van der Waals surface area contributed by atoms with Gasteiger partial charge in [-0.15, -0.1) is 0 Å². The van der Waals surface area contributed by atoms with Gasteiger partial charge in [0.25, 0.3) is 0 Å². The lowest BCUT2D eigenvalue weighted by atomic mass is 10.2. The van der Waals surface area contributed by atoms with Gasteiger partial charge in [-0.05, 0) is 26.3 Å². The third kappa shape index (κ3) is 14.0. The van der Waals surface area contributed by atoms with Crippen LogP contribution in [-0.4, -0.2) is 108 Å². The first-order valence-electron chi connectivity index (χ1n) is 10.2. The third-order valence-electron chi connectivity index (χ3n) is 4.37. The molecule has 0 aliphatic carbocycles. The van der Waals surface area contributed by atoms with Gasteiger partial charge in [-0.1, -0.05) is 0 Å². The zero-order chi connectivity index (χ0) is 19.6. The highest BCUT2D eigenvalue weighted by Crippen LogP contribution is 2.03. The number of hydrogen-bond donors (Lipinski definition) is 1. The second-order valence-corrected chi connectivity index (χ2v) is 6.63. The Morgan fingerprint density at radius 2 is 1.48 bits per heavy atom. The van der Waals surface area contributed by atoms with Crippen molar-refractivity contribution in [2.45, 2.75) is 26.2 Å². The number of carbonyl (C=O) groups is 1. The second kappa shape index (κ2) is 17.3. The van der Waals surface area contributed by atoms with E-state index in [4.69, 9.17) is 18.9 Å². The average Bonchev–Trinajstić information content (AvgIpc) is 2.67. The fourth-order valence-electron chi connectivity index (χ4n) is 2.83. The van der Waals surface area contributed by atoms with Crippen LogP contribution in [0, 0.1) is 0 Å². The molecule has 0 aromatic heterocycles. The van der Waals surface area contributed by atoms with E-state index in [2.05, 4.69) is 15.1 Å². The maximum Gasteiger partial charge on any atom is 0.220 e. The molecule has 0 atom stereocenters. The van der Waals surface area contributed by atoms with Gasteiger partial charge in [-0.25, -0.2) is 0 Å². The number of amides is 1. The number of carbonyl (C=O) groups excluding carboxylic acids is 1. The van der Waals surface area contributed by atoms with Crippen LogP contribution in [0.5, 0.6) is 0 Å². The fraction of sp³-hybridized carbons (Fsp3) is 0.947. The second-order valence-electron chi connectivity index (χ2n) is 6.63. The zero-order valence-corrected chi connectivity index (χ0v) is 17.2. The van der Waals surface area contributed by atoms with E-state index in [9.17, 15) is 4.79 Å². The fourth-order valence-corrected chi connectivity index (χ4v) is 2.83. The van der Waals surface area contributed by atoms with E-state index in [1.165, 1.54) is 0 Å². The first-order valence-corrected chi connectivity index (χ1v) is 10.2. The van der Waals surface area contributed by atoms with Crippen molar-refractivity contribution in [1.82, 2.24) is 15.1 Å². The molecule has 0 radical (unpaired) electrons. The smallest absolute Gasteiger partial charge is 0.220 e. The lowest BCUT2D eigenvalue weighted by Crippen LogP contribution is -2.47. The molecule has 1 aliphatic heterocycles. The number of ether oxygens (including phenoxy) is 4. The van der Waals surface area contributed by atoms with E-state index < -0.39 is 0 Å². The summed E-state index contributed by atoms with van der Waals surface area (Å²) in [5.74, 6) is 0.157. The quantitative estimate of drug-likeness (QED) is 0.365. The SMILES string of the molecule is CCNC(=O)CCCN1CCN(COCCOCCOCCCOC)CC1. The van der Waals surface area contributed by atoms with Crippen molar-refractivity contribution in [2.75, 3.05) is 92.8 Å². The molecule has 0 unspecified atom stereocenters. The molecule has 0 spiro atoms. The highest BCUT2D eigenvalue weighted by atomic mass is 16.5. The molecule has 1 heterocycles. The molecule has 27 heavy (non-hydrogen) atoms. The van der Waals surface area contributed by atoms with E-state index in [0.717, 1.165) is 52.2 Å². The molecule has 1 aliphatic rings. The van der Waals surface area contributed by atoms with Gasteiger partial charge in [0.2, 0.25) is 5.91 Å². The molecule has 1 saturated heterocycles. The van der Waals surface area contributed by atoms with Crippen LogP contribution in [0.2, 0.25) is 0 Å². The van der Waals surface area contributed by atoms with Gasteiger partial charge in [0.15, 0.2) is 0 Å². The van der Waals surface area contributed by atoms with Gasteiger partial charge in [0.1, 0.15) is 0 Å². The Kier molecular flexibility index (Phi) is 15.6. The minimum absolute atomic E-state index is 0.157. The normalized spacial score (nSPS) is 15.9. The Hall–Kier alpha value is -0.770. The number of hydrogen-bond acceptors (Lipinski definition) is 7. The number of nitrogens with zero attached hydrogens (tertiary/aromatic N) is 2. The van der Waals surface area contributed by atoms with Crippen molar-refractivity contribution in [3.63, 3.8) is 0 Å². The van der Waals surface area contributed by atoms with Gasteiger partial charge in [-0.3, -0.25) is 9.69 Å². The molecule has 0 aromatic rings. The van der Waals surface area contributed by atoms with Gasteiger partial charge in [0.05, 0.1) is 33.2 Å². The van der Waals surface area contributed by atoms with Gasteiger partial charge in [0, 0.05) is 59.5 Å². The lowest BCUT2D eigenvalue weighted by Gasteiger charge is -2.34. The number of methoxy groups -OCH3 is 1. The summed E-state index contributed by atoms with van der Waals surface area (Å²) in [5, 5.41) is 2.84. The van der Waals surface area contributed by atoms with E-state index in [-0.39, 0.29) is 5.91 Å². The molecule has 0 bridgehead atoms. The molecule has 0 aromatic carbocycles. The Labute approximate surface area is 164 Å². The molecule has 1 amide bonds. The van der Waals surface area contributed by atoms with Gasteiger partial charge >= 0.3 is 0 Å². The van der Waals surface area contributed by atoms with Crippen LogP contribution in [0.25, 0.3) is 0 Å². The first kappa shape index (κ1) is 24.3. The van der Waals surface area contributed by atoms with Gasteiger partial charge in [-0.2, -0.15) is 0 Å². The van der Waals surface area contributed by atoms with Crippen molar-refractivity contribution in [3.05, 3.63) is 0 Å². The maximum atomic E-state index is 11.4. The molecule has 0 saturated carbocycles. The van der Waals surface area contributed by atoms with Crippen molar-refractivity contribution in [2.24, 2.45) is 0 Å². The topological polar surface area (TPSA) is 72.5 Å². The Balaban J connectivity index is 1.85. The number of nitrogens with one attached hydrogen (secondary N) is 1. The third-order valence-corrected chi connectivity index (χ3v) is 4.37. The largest absolute Gasteiger partial charge is 0.385 e. The Bertz CT molecular complexity index is 352. The van der Waals surface area contributed by atoms with Gasteiger partial charge < -0.3 is 29.2 Å². The van der Waals surface area contributed by atoms with Crippen LogP contribution >= 0.6 is 0 Å². The lowest BCUT2D eigenvalue weighted by molar-refractivity contribution is -0.121. The van der Waals surface area contributed by atoms with Crippen LogP contribution < -0.4 is 5.32 Å². The maximum absolute atomic E-state index is 11.4. The van der Waals surface area contributed by atoms with Crippen molar-refractivity contribution < 1.29 is 23.7 Å². The van der Waals surface area contributed by atoms with Crippen molar-refractivity contribution >= 4 is 5.91 Å². The summed E-state index contributed by atoms with van der Waals surface area (Å²) >= 11 is 0. The van der Waals surface area contributed by atoms with Crippen LogP contribution in [0.3, 0.4) is 0 Å². The summed E-state index contributed by atoms with van der Waals surface area (Å²) < 4.78 is 21.5. The highest BCUT2D eigenvalue weighted by molar-refractivity contribution is 5.75. The number of piperazine rings is 1. The predicted molar refractivity (Wildman–Crippen MR) is 105 cm³/mol. The minimum Gasteiger partial charge on any atom is -0.385 e. The number of rotatable bonds is 17. The molecular formula is C19H39N3O5. The van der Waals surface area contributed by atoms with Crippen molar-refractivity contribution in [1.29, 1.82) is 0 Å².